The fourth-order valence-electron chi connectivity index (χ4n) is 2.40. The summed E-state index contributed by atoms with van der Waals surface area (Å²) < 4.78 is 16.7. The normalized spacial score (nSPS) is 10.7. The van der Waals surface area contributed by atoms with Crippen LogP contribution < -0.4 is 14.8 Å². The van der Waals surface area contributed by atoms with Crippen LogP contribution in [-0.2, 0) is 17.9 Å². The molecule has 0 amide bonds. The fourth-order valence-corrected chi connectivity index (χ4v) is 2.59. The molecule has 0 unspecified atom stereocenters. The van der Waals surface area contributed by atoms with E-state index >= 15 is 0 Å². The van der Waals surface area contributed by atoms with E-state index in [1.807, 2.05) is 49.4 Å². The average Bonchev–Trinajstić information content (AvgIpc) is 2.62. The molecular formula is C20H26ClNO3. The van der Waals surface area contributed by atoms with E-state index in [1.54, 1.807) is 7.11 Å². The number of nitrogens with one attached hydrogen (secondary N) is 1. The van der Waals surface area contributed by atoms with Gasteiger partial charge in [0, 0.05) is 30.8 Å². The highest BCUT2D eigenvalue weighted by Crippen LogP contribution is 2.30. The van der Waals surface area contributed by atoms with Crippen molar-refractivity contribution in [1.82, 2.24) is 5.32 Å². The summed E-state index contributed by atoms with van der Waals surface area (Å²) >= 11 is 6.18. The number of ether oxygens (including phenoxy) is 3. The minimum absolute atomic E-state index is 0.411. The van der Waals surface area contributed by atoms with Crippen LogP contribution in [0.25, 0.3) is 0 Å². The van der Waals surface area contributed by atoms with Crippen LogP contribution in [0.15, 0.2) is 42.5 Å². The third-order valence-electron chi connectivity index (χ3n) is 3.68. The van der Waals surface area contributed by atoms with Crippen LogP contribution in [0.4, 0.5) is 0 Å². The zero-order valence-electron chi connectivity index (χ0n) is 14.9. The standard InChI is InChI=1S/C20H26ClNO3/c1-3-24-20-13-16(14-22-11-6-12-23-2)9-10-19(20)25-15-17-7-4-5-8-18(17)21/h4-5,7-10,13,22H,3,6,11-12,14-15H2,1-2H3. The second-order valence-corrected chi connectivity index (χ2v) is 6.02. The number of benzene rings is 2. The van der Waals surface area contributed by atoms with Crippen molar-refractivity contribution in [3.05, 3.63) is 58.6 Å². The van der Waals surface area contributed by atoms with E-state index in [1.165, 1.54) is 0 Å². The van der Waals surface area contributed by atoms with Crippen molar-refractivity contribution in [1.29, 1.82) is 0 Å². The molecule has 0 aliphatic carbocycles. The molecule has 0 saturated heterocycles. The lowest BCUT2D eigenvalue weighted by Crippen LogP contribution is -2.16. The minimum Gasteiger partial charge on any atom is -0.490 e. The molecule has 0 saturated carbocycles. The van der Waals surface area contributed by atoms with Crippen LogP contribution in [0.1, 0.15) is 24.5 Å². The van der Waals surface area contributed by atoms with Gasteiger partial charge in [0.15, 0.2) is 11.5 Å². The second-order valence-electron chi connectivity index (χ2n) is 5.62. The molecule has 2 aromatic carbocycles. The van der Waals surface area contributed by atoms with Gasteiger partial charge < -0.3 is 19.5 Å². The lowest BCUT2D eigenvalue weighted by Gasteiger charge is -2.14. The van der Waals surface area contributed by atoms with Crippen LogP contribution >= 0.6 is 11.6 Å². The second kappa shape index (κ2) is 11.0. The predicted molar refractivity (Wildman–Crippen MR) is 102 cm³/mol. The first-order valence-corrected chi connectivity index (χ1v) is 8.94. The van der Waals surface area contributed by atoms with Crippen molar-refractivity contribution in [2.75, 3.05) is 26.9 Å². The summed E-state index contributed by atoms with van der Waals surface area (Å²) in [6.45, 7) is 5.44. The van der Waals surface area contributed by atoms with E-state index in [0.717, 1.165) is 48.7 Å². The summed E-state index contributed by atoms with van der Waals surface area (Å²) in [4.78, 5) is 0. The van der Waals surface area contributed by atoms with Crippen molar-refractivity contribution in [3.8, 4) is 11.5 Å². The molecule has 0 radical (unpaired) electrons. The molecule has 0 aromatic heterocycles. The van der Waals surface area contributed by atoms with Gasteiger partial charge in [-0.05, 0) is 43.7 Å². The topological polar surface area (TPSA) is 39.7 Å². The summed E-state index contributed by atoms with van der Waals surface area (Å²) in [5, 5.41) is 4.10. The van der Waals surface area contributed by atoms with Gasteiger partial charge in [-0.1, -0.05) is 35.9 Å². The van der Waals surface area contributed by atoms with Crippen molar-refractivity contribution < 1.29 is 14.2 Å². The Labute approximate surface area is 155 Å². The molecule has 0 aliphatic rings. The molecular weight excluding hydrogens is 338 g/mol. The number of halogens is 1. The third-order valence-corrected chi connectivity index (χ3v) is 4.05. The molecule has 0 aliphatic heterocycles. The first-order valence-electron chi connectivity index (χ1n) is 8.56. The first-order chi connectivity index (χ1) is 12.2. The first kappa shape index (κ1) is 19.6. The van der Waals surface area contributed by atoms with Gasteiger partial charge in [-0.15, -0.1) is 0 Å². The quantitative estimate of drug-likeness (QED) is 0.599. The van der Waals surface area contributed by atoms with Gasteiger partial charge in [0.25, 0.3) is 0 Å². The Morgan fingerprint density at radius 3 is 2.64 bits per heavy atom. The van der Waals surface area contributed by atoms with E-state index in [0.29, 0.717) is 18.2 Å². The third kappa shape index (κ3) is 6.58. The largest absolute Gasteiger partial charge is 0.490 e. The molecule has 0 heterocycles. The summed E-state index contributed by atoms with van der Waals surface area (Å²) in [5.74, 6) is 1.48. The lowest BCUT2D eigenvalue weighted by atomic mass is 10.2. The molecule has 0 fully saturated rings. The molecule has 0 bridgehead atoms. The number of hydrogen-bond donors (Lipinski definition) is 1. The maximum absolute atomic E-state index is 6.18. The number of rotatable bonds is 11. The monoisotopic (exact) mass is 363 g/mol. The summed E-state index contributed by atoms with van der Waals surface area (Å²) in [7, 11) is 1.72. The van der Waals surface area contributed by atoms with Crippen molar-refractivity contribution in [2.45, 2.75) is 26.5 Å². The highest BCUT2D eigenvalue weighted by atomic mass is 35.5. The van der Waals surface area contributed by atoms with Gasteiger partial charge in [0.1, 0.15) is 6.61 Å². The Kier molecular flexibility index (Phi) is 8.60. The molecule has 2 aromatic rings. The minimum atomic E-state index is 0.411. The predicted octanol–water partition coefficient (Wildman–Crippen LogP) is 4.44. The number of methoxy groups -OCH3 is 1. The van der Waals surface area contributed by atoms with Crippen molar-refractivity contribution in [2.24, 2.45) is 0 Å². The van der Waals surface area contributed by atoms with Crippen LogP contribution in [0.2, 0.25) is 5.02 Å². The van der Waals surface area contributed by atoms with Crippen LogP contribution in [-0.4, -0.2) is 26.9 Å². The van der Waals surface area contributed by atoms with Gasteiger partial charge in [0.05, 0.1) is 6.61 Å². The van der Waals surface area contributed by atoms with E-state index in [4.69, 9.17) is 25.8 Å². The maximum Gasteiger partial charge on any atom is 0.161 e. The number of hydrogen-bond acceptors (Lipinski definition) is 4. The molecule has 25 heavy (non-hydrogen) atoms. The molecule has 0 spiro atoms. The van der Waals surface area contributed by atoms with Crippen LogP contribution in [0, 0.1) is 0 Å². The highest BCUT2D eigenvalue weighted by Gasteiger charge is 2.08. The molecule has 5 heteroatoms. The van der Waals surface area contributed by atoms with Gasteiger partial charge in [0.2, 0.25) is 0 Å². The fraction of sp³-hybridized carbons (Fsp3) is 0.400. The SMILES string of the molecule is CCOc1cc(CNCCCOC)ccc1OCc1ccccc1Cl. The Hall–Kier alpha value is -1.75. The van der Waals surface area contributed by atoms with Gasteiger partial charge >= 0.3 is 0 Å². The van der Waals surface area contributed by atoms with E-state index < -0.39 is 0 Å². The molecule has 2 rings (SSSR count). The van der Waals surface area contributed by atoms with Crippen molar-refractivity contribution >= 4 is 11.6 Å². The molecule has 136 valence electrons. The zero-order chi connectivity index (χ0) is 17.9. The molecule has 0 atom stereocenters. The van der Waals surface area contributed by atoms with Gasteiger partial charge in [-0.2, -0.15) is 0 Å². The smallest absolute Gasteiger partial charge is 0.161 e. The Bertz CT molecular complexity index is 649. The summed E-state index contributed by atoms with van der Waals surface area (Å²) in [5.41, 5.74) is 2.11. The van der Waals surface area contributed by atoms with Crippen molar-refractivity contribution in [3.63, 3.8) is 0 Å². The highest BCUT2D eigenvalue weighted by molar-refractivity contribution is 6.31. The Morgan fingerprint density at radius 1 is 1.04 bits per heavy atom. The van der Waals surface area contributed by atoms with Gasteiger partial charge in [-0.25, -0.2) is 0 Å². The van der Waals surface area contributed by atoms with Crippen LogP contribution in [0.3, 0.4) is 0 Å². The van der Waals surface area contributed by atoms with Gasteiger partial charge in [-0.3, -0.25) is 0 Å². The Morgan fingerprint density at radius 2 is 1.88 bits per heavy atom. The van der Waals surface area contributed by atoms with E-state index in [-0.39, 0.29) is 0 Å². The van der Waals surface area contributed by atoms with E-state index in [2.05, 4.69) is 5.32 Å². The zero-order valence-corrected chi connectivity index (χ0v) is 15.6. The Balaban J connectivity index is 1.96. The average molecular weight is 364 g/mol. The summed E-state index contributed by atoms with van der Waals surface area (Å²) in [6.07, 6.45) is 0.994. The van der Waals surface area contributed by atoms with E-state index in [9.17, 15) is 0 Å². The lowest BCUT2D eigenvalue weighted by molar-refractivity contribution is 0.194. The summed E-state index contributed by atoms with van der Waals surface area (Å²) in [6, 6.07) is 13.7. The maximum atomic E-state index is 6.18. The van der Waals surface area contributed by atoms with Crippen LogP contribution in [0.5, 0.6) is 11.5 Å². The molecule has 1 N–H and O–H groups in total. The molecule has 4 nitrogen and oxygen atoms in total.